The number of ketones is 1. The Balaban J connectivity index is 3.17. The average molecular weight is 291 g/mol. The Morgan fingerprint density at radius 2 is 1.73 bits per heavy atom. The van der Waals surface area contributed by atoms with Crippen molar-refractivity contribution in [2.24, 2.45) is 0 Å². The first-order valence-electron chi connectivity index (χ1n) is 4.31. The number of sulfone groups is 1. The molecule has 3 nitrogen and oxygen atoms in total. The first kappa shape index (κ1) is 12.4. The maximum atomic E-state index is 11.8. The first-order valence-corrected chi connectivity index (χ1v) is 6.77. The van der Waals surface area contributed by atoms with Gasteiger partial charge in [0.2, 0.25) is 0 Å². The van der Waals surface area contributed by atoms with Gasteiger partial charge in [0.05, 0.1) is 4.90 Å². The van der Waals surface area contributed by atoms with E-state index in [0.717, 1.165) is 5.56 Å². The number of benzene rings is 1. The lowest BCUT2D eigenvalue weighted by atomic mass is 10.2. The van der Waals surface area contributed by atoms with Crippen LogP contribution in [-0.2, 0) is 14.6 Å². The summed E-state index contributed by atoms with van der Waals surface area (Å²) >= 11 is 2.88. The van der Waals surface area contributed by atoms with E-state index in [1.807, 2.05) is 6.92 Å². The average Bonchev–Trinajstić information content (AvgIpc) is 2.17. The van der Waals surface area contributed by atoms with Crippen LogP contribution < -0.4 is 0 Å². The number of alkyl halides is 1. The predicted molar refractivity (Wildman–Crippen MR) is 61.8 cm³/mol. The molecule has 1 atom stereocenters. The van der Waals surface area contributed by atoms with Gasteiger partial charge in [0, 0.05) is 0 Å². The maximum Gasteiger partial charge on any atom is 0.198 e. The molecule has 0 aliphatic rings. The van der Waals surface area contributed by atoms with E-state index in [4.69, 9.17) is 0 Å². The van der Waals surface area contributed by atoms with Gasteiger partial charge in [0.25, 0.3) is 0 Å². The van der Waals surface area contributed by atoms with Crippen LogP contribution in [0.15, 0.2) is 29.2 Å². The van der Waals surface area contributed by atoms with Crippen molar-refractivity contribution < 1.29 is 13.2 Å². The molecule has 82 valence electrons. The third-order valence-electron chi connectivity index (χ3n) is 1.94. The quantitative estimate of drug-likeness (QED) is 0.801. The van der Waals surface area contributed by atoms with Gasteiger partial charge in [0.1, 0.15) is 0 Å². The zero-order valence-electron chi connectivity index (χ0n) is 8.40. The molecule has 0 fully saturated rings. The van der Waals surface area contributed by atoms with Gasteiger partial charge in [-0.1, -0.05) is 33.6 Å². The lowest BCUT2D eigenvalue weighted by Crippen LogP contribution is -2.22. The van der Waals surface area contributed by atoms with Crippen LogP contribution in [0, 0.1) is 6.92 Å². The van der Waals surface area contributed by atoms with Crippen molar-refractivity contribution in [3.8, 4) is 0 Å². The van der Waals surface area contributed by atoms with E-state index in [2.05, 4.69) is 15.9 Å². The summed E-state index contributed by atoms with van der Waals surface area (Å²) in [4.78, 5) is 11.2. The van der Waals surface area contributed by atoms with Gasteiger partial charge >= 0.3 is 0 Å². The van der Waals surface area contributed by atoms with Crippen LogP contribution >= 0.6 is 15.9 Å². The highest BCUT2D eigenvalue weighted by atomic mass is 79.9. The molecule has 1 rings (SSSR count). The molecular formula is C10H11BrO3S. The second-order valence-corrected chi connectivity index (χ2v) is 6.84. The highest BCUT2D eigenvalue weighted by Crippen LogP contribution is 2.21. The van der Waals surface area contributed by atoms with E-state index in [9.17, 15) is 13.2 Å². The summed E-state index contributed by atoms with van der Waals surface area (Å²) in [6.45, 7) is 3.11. The second-order valence-electron chi connectivity index (χ2n) is 3.28. The minimum atomic E-state index is -3.59. The fraction of sp³-hybridized carbons (Fsp3) is 0.300. The summed E-state index contributed by atoms with van der Waals surface area (Å²) in [7, 11) is -3.59. The predicted octanol–water partition coefficient (Wildman–Crippen LogP) is 2.08. The third-order valence-corrected chi connectivity index (χ3v) is 5.87. The lowest BCUT2D eigenvalue weighted by Gasteiger charge is -2.08. The first-order chi connectivity index (χ1) is 6.85. The van der Waals surface area contributed by atoms with Crippen LogP contribution in [-0.4, -0.2) is 18.4 Å². The maximum absolute atomic E-state index is 11.8. The zero-order chi connectivity index (χ0) is 11.6. The van der Waals surface area contributed by atoms with Crippen molar-refractivity contribution >= 4 is 31.6 Å². The van der Waals surface area contributed by atoms with E-state index in [1.54, 1.807) is 12.1 Å². The molecule has 5 heteroatoms. The number of Topliss-reactive ketones (excluding diaryl/α,β-unsaturated/α-hetero) is 1. The number of aryl methyl sites for hydroxylation is 1. The molecule has 1 aromatic rings. The topological polar surface area (TPSA) is 51.2 Å². The molecule has 1 aromatic carbocycles. The normalized spacial score (nSPS) is 13.5. The van der Waals surface area contributed by atoms with Gasteiger partial charge in [0.15, 0.2) is 19.8 Å². The van der Waals surface area contributed by atoms with Crippen LogP contribution in [0.1, 0.15) is 12.5 Å². The molecule has 0 radical (unpaired) electrons. The van der Waals surface area contributed by atoms with Gasteiger partial charge in [-0.15, -0.1) is 0 Å². The number of halogens is 1. The summed E-state index contributed by atoms with van der Waals surface area (Å²) < 4.78 is 22.5. The minimum Gasteiger partial charge on any atom is -0.298 e. The second kappa shape index (κ2) is 4.45. The van der Waals surface area contributed by atoms with Crippen LogP contribution in [0.2, 0.25) is 0 Å². The fourth-order valence-corrected chi connectivity index (χ4v) is 2.90. The van der Waals surface area contributed by atoms with Crippen LogP contribution in [0.5, 0.6) is 0 Å². The van der Waals surface area contributed by atoms with Crippen molar-refractivity contribution in [3.63, 3.8) is 0 Å². The van der Waals surface area contributed by atoms with Crippen molar-refractivity contribution in [2.45, 2.75) is 22.9 Å². The SMILES string of the molecule is CC(=O)C(Br)S(=O)(=O)c1ccc(C)cc1. The molecule has 0 bridgehead atoms. The molecule has 0 N–H and O–H groups in total. The monoisotopic (exact) mass is 290 g/mol. The number of hydrogen-bond acceptors (Lipinski definition) is 3. The van der Waals surface area contributed by atoms with Gasteiger partial charge in [-0.3, -0.25) is 4.79 Å². The Kier molecular flexibility index (Phi) is 3.67. The number of hydrogen-bond donors (Lipinski definition) is 0. The summed E-state index contributed by atoms with van der Waals surface area (Å²) in [6, 6.07) is 6.41. The third kappa shape index (κ3) is 2.66. The molecular weight excluding hydrogens is 280 g/mol. The molecule has 0 saturated heterocycles. The van der Waals surface area contributed by atoms with Gasteiger partial charge < -0.3 is 0 Å². The van der Waals surface area contributed by atoms with Gasteiger partial charge in [-0.2, -0.15) is 0 Å². The molecule has 0 spiro atoms. The van der Waals surface area contributed by atoms with Crippen LogP contribution in [0.25, 0.3) is 0 Å². The molecule has 0 aliphatic heterocycles. The zero-order valence-corrected chi connectivity index (χ0v) is 10.8. The Hall–Kier alpha value is -0.680. The van der Waals surface area contributed by atoms with Crippen molar-refractivity contribution in [2.75, 3.05) is 0 Å². The van der Waals surface area contributed by atoms with Gasteiger partial charge in [-0.05, 0) is 26.0 Å². The van der Waals surface area contributed by atoms with E-state index >= 15 is 0 Å². The molecule has 0 aliphatic carbocycles. The molecule has 1 unspecified atom stereocenters. The molecule has 0 aromatic heterocycles. The van der Waals surface area contributed by atoms with Crippen LogP contribution in [0.4, 0.5) is 0 Å². The van der Waals surface area contributed by atoms with Gasteiger partial charge in [-0.25, -0.2) is 8.42 Å². The Morgan fingerprint density at radius 1 is 1.27 bits per heavy atom. The van der Waals surface area contributed by atoms with E-state index < -0.39 is 19.8 Å². The Labute approximate surface area is 97.5 Å². The minimum absolute atomic E-state index is 0.158. The summed E-state index contributed by atoms with van der Waals surface area (Å²) in [5.74, 6) is -0.421. The van der Waals surface area contributed by atoms with Crippen molar-refractivity contribution in [1.82, 2.24) is 0 Å². The van der Waals surface area contributed by atoms with Crippen LogP contribution in [0.3, 0.4) is 0 Å². The van der Waals surface area contributed by atoms with Crippen molar-refractivity contribution in [1.29, 1.82) is 0 Å². The number of carbonyl (C=O) groups is 1. The van der Waals surface area contributed by atoms with E-state index in [0.29, 0.717) is 0 Å². The molecule has 15 heavy (non-hydrogen) atoms. The summed E-state index contributed by atoms with van der Waals surface area (Å²) in [5, 5.41) is 0. The van der Waals surface area contributed by atoms with Crippen molar-refractivity contribution in [3.05, 3.63) is 29.8 Å². The number of rotatable bonds is 3. The summed E-state index contributed by atoms with van der Waals surface area (Å²) in [6.07, 6.45) is 0. The Morgan fingerprint density at radius 3 is 2.13 bits per heavy atom. The largest absolute Gasteiger partial charge is 0.298 e. The Bertz CT molecular complexity index is 462. The standard InChI is InChI=1S/C10H11BrO3S/c1-7-3-5-9(6-4-7)15(13,14)10(11)8(2)12/h3-6,10H,1-2H3. The van der Waals surface area contributed by atoms with E-state index in [-0.39, 0.29) is 4.90 Å². The smallest absolute Gasteiger partial charge is 0.198 e. The lowest BCUT2D eigenvalue weighted by molar-refractivity contribution is -0.115. The molecule has 0 saturated carbocycles. The fourth-order valence-electron chi connectivity index (χ4n) is 1.07. The summed E-state index contributed by atoms with van der Waals surface area (Å²) in [5.41, 5.74) is 0.975. The highest BCUT2D eigenvalue weighted by Gasteiger charge is 2.28. The molecule has 0 amide bonds. The molecule has 0 heterocycles. The van der Waals surface area contributed by atoms with E-state index in [1.165, 1.54) is 19.1 Å². The number of carbonyl (C=O) groups excluding carboxylic acids is 1. The highest BCUT2D eigenvalue weighted by molar-refractivity contribution is 9.11.